The molecule has 2 aromatic heterocycles. The Hall–Kier alpha value is -4.42. The van der Waals surface area contributed by atoms with Gasteiger partial charge in [-0.1, -0.05) is 35.9 Å². The Bertz CT molecular complexity index is 1910. The van der Waals surface area contributed by atoms with E-state index < -0.39 is 0 Å². The lowest BCUT2D eigenvalue weighted by Gasteiger charge is -2.17. The van der Waals surface area contributed by atoms with Gasteiger partial charge in [-0.05, 0) is 110 Å². The van der Waals surface area contributed by atoms with Crippen LogP contribution in [0.4, 0.5) is 10.1 Å². The van der Waals surface area contributed by atoms with Gasteiger partial charge in [0.2, 0.25) is 0 Å². The van der Waals surface area contributed by atoms with E-state index in [0.717, 1.165) is 69.8 Å². The van der Waals surface area contributed by atoms with Crippen molar-refractivity contribution in [3.8, 4) is 16.9 Å². The van der Waals surface area contributed by atoms with Crippen LogP contribution in [-0.2, 0) is 0 Å². The molecule has 0 amide bonds. The first-order chi connectivity index (χ1) is 21.5. The number of fused-ring (bicyclic) bond motifs is 3. The Morgan fingerprint density at radius 3 is 2.80 bits per heavy atom. The number of allylic oxidation sites excluding steroid dienone is 4. The van der Waals surface area contributed by atoms with Gasteiger partial charge in [-0.2, -0.15) is 0 Å². The molecule has 2 atom stereocenters. The van der Waals surface area contributed by atoms with Gasteiger partial charge in [0.1, 0.15) is 11.6 Å². The van der Waals surface area contributed by atoms with Crippen LogP contribution >= 0.6 is 0 Å². The van der Waals surface area contributed by atoms with Crippen molar-refractivity contribution >= 4 is 27.7 Å². The van der Waals surface area contributed by atoms with Gasteiger partial charge < -0.3 is 15.0 Å². The predicted octanol–water partition coefficient (Wildman–Crippen LogP) is 8.38. The molecular formula is C38H37FN4O. The fourth-order valence-electron chi connectivity index (χ4n) is 7.00. The zero-order valence-corrected chi connectivity index (χ0v) is 25.3. The van der Waals surface area contributed by atoms with Gasteiger partial charge in [-0.3, -0.25) is 4.90 Å². The summed E-state index contributed by atoms with van der Waals surface area (Å²) in [4.78, 5) is 11.6. The highest BCUT2D eigenvalue weighted by Gasteiger charge is 2.31. The third-order valence-corrected chi connectivity index (χ3v) is 9.36. The molecule has 4 aliphatic rings. The van der Waals surface area contributed by atoms with Gasteiger partial charge in [0, 0.05) is 46.7 Å². The van der Waals surface area contributed by atoms with Crippen LogP contribution in [0.15, 0.2) is 90.0 Å². The summed E-state index contributed by atoms with van der Waals surface area (Å²) in [6.45, 7) is 5.60. The number of nitrogens with zero attached hydrogens (tertiary/aromatic N) is 2. The van der Waals surface area contributed by atoms with Crippen LogP contribution < -0.4 is 10.1 Å². The van der Waals surface area contributed by atoms with E-state index in [0.29, 0.717) is 11.7 Å². The molecule has 0 radical (unpaired) electrons. The van der Waals surface area contributed by atoms with E-state index in [1.165, 1.54) is 43.1 Å². The second kappa shape index (κ2) is 10.9. The summed E-state index contributed by atoms with van der Waals surface area (Å²) in [6.07, 6.45) is 14.1. The number of aromatic nitrogens is 2. The highest BCUT2D eigenvalue weighted by molar-refractivity contribution is 5.99. The predicted molar refractivity (Wildman–Crippen MR) is 177 cm³/mol. The fraction of sp³-hybridized carbons (Fsp3) is 0.289. The number of halogens is 1. The Morgan fingerprint density at radius 2 is 1.93 bits per heavy atom. The number of methoxy groups -OCH3 is 1. The second-order valence-corrected chi connectivity index (χ2v) is 12.7. The van der Waals surface area contributed by atoms with Crippen molar-refractivity contribution < 1.29 is 9.13 Å². The fourth-order valence-corrected chi connectivity index (χ4v) is 7.00. The molecule has 1 saturated heterocycles. The highest BCUT2D eigenvalue weighted by atomic mass is 19.1. The molecule has 222 valence electrons. The lowest BCUT2D eigenvalue weighted by Crippen LogP contribution is -2.21. The molecule has 2 fully saturated rings. The monoisotopic (exact) mass is 584 g/mol. The summed E-state index contributed by atoms with van der Waals surface area (Å²) >= 11 is 0. The minimum absolute atomic E-state index is 0.279. The lowest BCUT2D eigenvalue weighted by atomic mass is 9.99. The van der Waals surface area contributed by atoms with E-state index in [-0.39, 0.29) is 11.9 Å². The number of hydrogen-bond donors (Lipinski definition) is 2. The van der Waals surface area contributed by atoms with Gasteiger partial charge in [0.25, 0.3) is 0 Å². The van der Waals surface area contributed by atoms with Gasteiger partial charge in [-0.15, -0.1) is 0 Å². The summed E-state index contributed by atoms with van der Waals surface area (Å²) in [5.74, 6) is 0.715. The molecule has 8 rings (SSSR count). The summed E-state index contributed by atoms with van der Waals surface area (Å²) in [7, 11) is 1.56. The van der Waals surface area contributed by atoms with Gasteiger partial charge in [-0.25, -0.2) is 9.37 Å². The Morgan fingerprint density at radius 1 is 1.05 bits per heavy atom. The number of aromatic amines is 1. The molecule has 6 heteroatoms. The normalized spacial score (nSPS) is 21.2. The summed E-state index contributed by atoms with van der Waals surface area (Å²) in [5.41, 5.74) is 12.0. The maximum absolute atomic E-state index is 14.5. The Labute approximate surface area is 257 Å². The molecule has 2 aliphatic heterocycles. The van der Waals surface area contributed by atoms with Crippen LogP contribution in [0.25, 0.3) is 33.2 Å². The molecule has 0 spiro atoms. The zero-order chi connectivity index (χ0) is 29.8. The molecule has 1 unspecified atom stereocenters. The van der Waals surface area contributed by atoms with Crippen molar-refractivity contribution in [2.24, 2.45) is 5.92 Å². The van der Waals surface area contributed by atoms with Crippen LogP contribution in [0.3, 0.4) is 0 Å². The molecule has 44 heavy (non-hydrogen) atoms. The van der Waals surface area contributed by atoms with Crippen molar-refractivity contribution in [3.05, 3.63) is 113 Å². The molecule has 5 nitrogen and oxygen atoms in total. The van der Waals surface area contributed by atoms with Gasteiger partial charge in [0.05, 0.1) is 24.2 Å². The summed E-state index contributed by atoms with van der Waals surface area (Å²) < 4.78 is 19.9. The van der Waals surface area contributed by atoms with Gasteiger partial charge in [0.15, 0.2) is 0 Å². The number of pyridine rings is 1. The average Bonchev–Trinajstić information content (AvgIpc) is 3.39. The first-order valence-electron chi connectivity index (χ1n) is 15.8. The molecule has 4 aromatic rings. The molecule has 2 aromatic carbocycles. The lowest BCUT2D eigenvalue weighted by molar-refractivity contribution is 0.371. The molecule has 2 aliphatic carbocycles. The summed E-state index contributed by atoms with van der Waals surface area (Å²) in [6, 6.07) is 17.8. The van der Waals surface area contributed by atoms with E-state index >= 15 is 0 Å². The Balaban J connectivity index is 1.20. The van der Waals surface area contributed by atoms with E-state index in [4.69, 9.17) is 9.72 Å². The molecule has 4 heterocycles. The number of likely N-dealkylation sites (tertiary alicyclic amines) is 1. The quantitative estimate of drug-likeness (QED) is 0.239. The van der Waals surface area contributed by atoms with Crippen LogP contribution in [-0.4, -0.2) is 47.7 Å². The smallest absolute Gasteiger partial charge is 0.127 e. The average molecular weight is 585 g/mol. The number of H-pyrrole nitrogens is 1. The van der Waals surface area contributed by atoms with Crippen LogP contribution in [0.5, 0.6) is 5.75 Å². The van der Waals surface area contributed by atoms with E-state index in [9.17, 15) is 4.39 Å². The number of benzene rings is 2. The SMILES string of the molecule is COc1cc(F)cc(-c2cccc3[nH]c(C4=CC[C@H](C)Nc5ccc(C6=CC7CC7=CC(CN7CCCC7)=C6)nc54)cc23)c1. The third-order valence-electron chi connectivity index (χ3n) is 9.36. The first-order valence-corrected chi connectivity index (χ1v) is 15.8. The minimum Gasteiger partial charge on any atom is -0.497 e. The topological polar surface area (TPSA) is 53.2 Å². The van der Waals surface area contributed by atoms with Gasteiger partial charge >= 0.3 is 0 Å². The van der Waals surface area contributed by atoms with Crippen molar-refractivity contribution in [1.29, 1.82) is 0 Å². The first kappa shape index (κ1) is 27.2. The number of ether oxygens (including phenoxy) is 1. The van der Waals surface area contributed by atoms with Crippen molar-refractivity contribution in [2.75, 3.05) is 32.1 Å². The largest absolute Gasteiger partial charge is 0.497 e. The van der Waals surface area contributed by atoms with Crippen molar-refractivity contribution in [1.82, 2.24) is 14.9 Å². The second-order valence-electron chi connectivity index (χ2n) is 12.7. The Kier molecular flexibility index (Phi) is 6.75. The van der Waals surface area contributed by atoms with Crippen LogP contribution in [0, 0.1) is 11.7 Å². The zero-order valence-electron chi connectivity index (χ0n) is 25.3. The molecule has 1 saturated carbocycles. The summed E-state index contributed by atoms with van der Waals surface area (Å²) in [5, 5.41) is 4.73. The van der Waals surface area contributed by atoms with E-state index in [2.05, 4.69) is 70.7 Å². The van der Waals surface area contributed by atoms with E-state index in [1.807, 2.05) is 18.2 Å². The third kappa shape index (κ3) is 5.17. The van der Waals surface area contributed by atoms with E-state index in [1.54, 1.807) is 18.7 Å². The standard InChI is InChI=1S/C38H37FN4O/c1-23-8-9-32(37-21-33-31(6-5-7-35(33)41-37)27-18-29(39)20-30(19-27)44-2)38-36(40-23)11-10-34(42-38)28-15-24(14-25-16-26(25)17-28)22-43-12-3-4-13-43/h5-7,9-11,14-15,17-21,23,26,40-41H,3-4,8,12-13,16,22H2,1-2H3/t23-,26?/m0/s1. The van der Waals surface area contributed by atoms with Crippen LogP contribution in [0.1, 0.15) is 49.7 Å². The molecule has 2 N–H and O–H groups in total. The number of nitrogens with one attached hydrogen (secondary N) is 2. The van der Waals surface area contributed by atoms with Crippen molar-refractivity contribution in [3.63, 3.8) is 0 Å². The number of anilines is 1. The van der Waals surface area contributed by atoms with Crippen LogP contribution in [0.2, 0.25) is 0 Å². The number of rotatable bonds is 6. The van der Waals surface area contributed by atoms with Crippen molar-refractivity contribution in [2.45, 2.75) is 38.6 Å². The molecule has 0 bridgehead atoms. The maximum Gasteiger partial charge on any atom is 0.127 e. The number of hydrogen-bond acceptors (Lipinski definition) is 4. The highest BCUT2D eigenvalue weighted by Crippen LogP contribution is 2.44. The maximum atomic E-state index is 14.5. The molecular weight excluding hydrogens is 547 g/mol. The minimum atomic E-state index is -0.316.